The van der Waals surface area contributed by atoms with E-state index in [2.05, 4.69) is 10.6 Å². The average molecular weight is 441 g/mol. The molecule has 1 unspecified atom stereocenters. The van der Waals surface area contributed by atoms with E-state index < -0.39 is 6.04 Å². The molecule has 3 aromatic carbocycles. The lowest BCUT2D eigenvalue weighted by molar-refractivity contribution is -0.122. The number of carbonyl (C=O) groups is 1. The van der Waals surface area contributed by atoms with Crippen LogP contribution in [0.3, 0.4) is 0 Å². The third-order valence-corrected chi connectivity index (χ3v) is 4.61. The topological polar surface area (TPSA) is 120 Å². The van der Waals surface area contributed by atoms with Crippen molar-refractivity contribution in [1.82, 2.24) is 5.32 Å². The number of nitrogen functional groups attached to an aromatic ring is 1. The summed E-state index contributed by atoms with van der Waals surface area (Å²) in [6.07, 6.45) is 0. The molecule has 0 bridgehead atoms. The summed E-state index contributed by atoms with van der Waals surface area (Å²) >= 11 is 0. The summed E-state index contributed by atoms with van der Waals surface area (Å²) in [5.41, 5.74) is 8.33. The molecule has 0 fully saturated rings. The molecular formula is C23H25ClN4O3. The number of amidine groups is 1. The number of phenols is 1. The standard InChI is InChI=1S/C23H24N4O3.ClH/c1-30-20-12-9-17(13-19(20)28)21(23(29)26-14-15-5-3-2-4-6-15)27-18-10-7-16(8-11-18)22(24)25;/h2-13,21,27-28H,14H2,1H3,(H3,24,25)(H,26,29);1H. The summed E-state index contributed by atoms with van der Waals surface area (Å²) in [5.74, 6) is -0.00422. The SMILES string of the molecule is COc1ccc(C(Nc2ccc(C(=N)N)cc2)C(=O)NCc2ccccc2)cc1O.Cl. The van der Waals surface area contributed by atoms with Crippen molar-refractivity contribution in [1.29, 1.82) is 5.41 Å². The number of amides is 1. The van der Waals surface area contributed by atoms with Crippen molar-refractivity contribution in [2.75, 3.05) is 12.4 Å². The fraction of sp³-hybridized carbons (Fsp3) is 0.130. The van der Waals surface area contributed by atoms with Crippen LogP contribution in [-0.2, 0) is 11.3 Å². The van der Waals surface area contributed by atoms with Crippen molar-refractivity contribution >= 4 is 29.8 Å². The minimum Gasteiger partial charge on any atom is -0.504 e. The van der Waals surface area contributed by atoms with Gasteiger partial charge in [0.05, 0.1) is 7.11 Å². The van der Waals surface area contributed by atoms with Crippen LogP contribution in [0.15, 0.2) is 72.8 Å². The third-order valence-electron chi connectivity index (χ3n) is 4.61. The van der Waals surface area contributed by atoms with Crippen molar-refractivity contribution in [3.8, 4) is 11.5 Å². The van der Waals surface area contributed by atoms with Gasteiger partial charge in [-0.25, -0.2) is 0 Å². The van der Waals surface area contributed by atoms with E-state index in [9.17, 15) is 9.90 Å². The Hall–Kier alpha value is -3.71. The Kier molecular flexibility index (Phi) is 8.28. The van der Waals surface area contributed by atoms with Gasteiger partial charge in [0, 0.05) is 17.8 Å². The Morgan fingerprint density at radius 3 is 2.35 bits per heavy atom. The summed E-state index contributed by atoms with van der Waals surface area (Å²) in [4.78, 5) is 13.0. The van der Waals surface area contributed by atoms with Crippen molar-refractivity contribution in [2.24, 2.45) is 5.73 Å². The highest BCUT2D eigenvalue weighted by Crippen LogP contribution is 2.30. The van der Waals surface area contributed by atoms with E-state index in [0.717, 1.165) is 5.56 Å². The van der Waals surface area contributed by atoms with Crippen molar-refractivity contribution in [3.05, 3.63) is 89.5 Å². The van der Waals surface area contributed by atoms with Crippen LogP contribution in [0.1, 0.15) is 22.7 Å². The fourth-order valence-electron chi connectivity index (χ4n) is 2.99. The molecule has 0 radical (unpaired) electrons. The number of hydrogen-bond donors (Lipinski definition) is 5. The van der Waals surface area contributed by atoms with Crippen molar-refractivity contribution in [3.63, 3.8) is 0 Å². The van der Waals surface area contributed by atoms with E-state index >= 15 is 0 Å². The molecule has 3 rings (SSSR count). The first-order chi connectivity index (χ1) is 14.5. The summed E-state index contributed by atoms with van der Waals surface area (Å²) in [6, 6.07) is 20.6. The second-order valence-electron chi connectivity index (χ2n) is 6.70. The second-order valence-corrected chi connectivity index (χ2v) is 6.70. The molecule has 1 amide bonds. The number of phenolic OH excluding ortho intramolecular Hbond substituents is 1. The molecule has 1 atom stereocenters. The quantitative estimate of drug-likeness (QED) is 0.271. The number of nitrogens with one attached hydrogen (secondary N) is 3. The van der Waals surface area contributed by atoms with Crippen LogP contribution in [0.4, 0.5) is 5.69 Å². The van der Waals surface area contributed by atoms with Crippen molar-refractivity contribution in [2.45, 2.75) is 12.6 Å². The number of nitrogens with two attached hydrogens (primary N) is 1. The fourth-order valence-corrected chi connectivity index (χ4v) is 2.99. The molecular weight excluding hydrogens is 416 g/mol. The molecule has 6 N–H and O–H groups in total. The molecule has 8 heteroatoms. The Balaban J connectivity index is 0.00000341. The van der Waals surface area contributed by atoms with E-state index in [1.54, 1.807) is 36.4 Å². The van der Waals surface area contributed by atoms with Gasteiger partial charge in [-0.2, -0.15) is 0 Å². The summed E-state index contributed by atoms with van der Waals surface area (Å²) in [6.45, 7) is 0.378. The number of halogens is 1. The lowest BCUT2D eigenvalue weighted by Gasteiger charge is -2.21. The Morgan fingerprint density at radius 2 is 1.77 bits per heavy atom. The van der Waals surface area contributed by atoms with Crippen molar-refractivity contribution < 1.29 is 14.6 Å². The molecule has 0 aromatic heterocycles. The zero-order valence-electron chi connectivity index (χ0n) is 17.0. The number of anilines is 1. The molecule has 7 nitrogen and oxygen atoms in total. The molecule has 0 aliphatic heterocycles. The van der Waals surface area contributed by atoms with Gasteiger partial charge in [0.2, 0.25) is 5.91 Å². The molecule has 3 aromatic rings. The number of hydrogen-bond acceptors (Lipinski definition) is 5. The van der Waals surface area contributed by atoms with Gasteiger partial charge in [-0.1, -0.05) is 36.4 Å². The van der Waals surface area contributed by atoms with Gasteiger partial charge < -0.3 is 26.2 Å². The summed E-state index contributed by atoms with van der Waals surface area (Å²) < 4.78 is 5.10. The van der Waals surface area contributed by atoms with Crippen LogP contribution in [-0.4, -0.2) is 24.0 Å². The zero-order valence-corrected chi connectivity index (χ0v) is 17.8. The number of aromatic hydroxyl groups is 1. The second kappa shape index (κ2) is 10.9. The molecule has 0 aliphatic carbocycles. The summed E-state index contributed by atoms with van der Waals surface area (Å²) in [5, 5.41) is 23.8. The van der Waals surface area contributed by atoms with Gasteiger partial charge in [0.1, 0.15) is 11.9 Å². The maximum Gasteiger partial charge on any atom is 0.247 e. The molecule has 0 heterocycles. The minimum absolute atomic E-state index is 0. The number of carbonyl (C=O) groups excluding carboxylic acids is 1. The van der Waals surface area contributed by atoms with E-state index in [1.807, 2.05) is 30.3 Å². The summed E-state index contributed by atoms with van der Waals surface area (Å²) in [7, 11) is 1.47. The normalized spacial score (nSPS) is 11.0. The lowest BCUT2D eigenvalue weighted by Crippen LogP contribution is -2.33. The van der Waals surface area contributed by atoms with E-state index in [4.69, 9.17) is 15.9 Å². The highest BCUT2D eigenvalue weighted by molar-refractivity contribution is 5.95. The Morgan fingerprint density at radius 1 is 1.10 bits per heavy atom. The number of benzene rings is 3. The smallest absolute Gasteiger partial charge is 0.247 e. The van der Waals surface area contributed by atoms with Gasteiger partial charge >= 0.3 is 0 Å². The van der Waals surface area contributed by atoms with Crippen LogP contribution in [0.5, 0.6) is 11.5 Å². The van der Waals surface area contributed by atoms with Gasteiger partial charge in [0.15, 0.2) is 11.5 Å². The van der Waals surface area contributed by atoms with Crippen LogP contribution in [0.2, 0.25) is 0 Å². The number of ether oxygens (including phenoxy) is 1. The maximum atomic E-state index is 13.0. The average Bonchev–Trinajstić information content (AvgIpc) is 2.76. The van der Waals surface area contributed by atoms with Gasteiger partial charge in [0.25, 0.3) is 0 Å². The maximum absolute atomic E-state index is 13.0. The van der Waals surface area contributed by atoms with Crippen LogP contribution in [0, 0.1) is 5.41 Å². The molecule has 0 spiro atoms. The predicted octanol–water partition coefficient (Wildman–Crippen LogP) is 3.58. The molecule has 0 aliphatic rings. The molecule has 31 heavy (non-hydrogen) atoms. The monoisotopic (exact) mass is 440 g/mol. The first kappa shape index (κ1) is 23.6. The largest absolute Gasteiger partial charge is 0.504 e. The highest BCUT2D eigenvalue weighted by Gasteiger charge is 2.22. The zero-order chi connectivity index (χ0) is 21.5. The van der Waals surface area contributed by atoms with Crippen LogP contribution in [0.25, 0.3) is 0 Å². The van der Waals surface area contributed by atoms with Gasteiger partial charge in [-0.15, -0.1) is 12.4 Å². The van der Waals surface area contributed by atoms with Crippen LogP contribution < -0.4 is 21.1 Å². The molecule has 0 saturated carbocycles. The first-order valence-corrected chi connectivity index (χ1v) is 9.37. The highest BCUT2D eigenvalue weighted by atomic mass is 35.5. The predicted molar refractivity (Wildman–Crippen MR) is 124 cm³/mol. The van der Waals surface area contributed by atoms with E-state index in [1.165, 1.54) is 13.2 Å². The van der Waals surface area contributed by atoms with Crippen LogP contribution >= 0.6 is 12.4 Å². The van der Waals surface area contributed by atoms with Gasteiger partial charge in [-0.3, -0.25) is 10.2 Å². The third kappa shape index (κ3) is 6.13. The van der Waals surface area contributed by atoms with E-state index in [0.29, 0.717) is 29.1 Å². The molecule has 0 saturated heterocycles. The Labute approximate surface area is 187 Å². The number of methoxy groups -OCH3 is 1. The minimum atomic E-state index is -0.756. The van der Waals surface area contributed by atoms with Gasteiger partial charge in [-0.05, 0) is 47.5 Å². The Bertz CT molecular complexity index is 1030. The van der Waals surface area contributed by atoms with E-state index in [-0.39, 0.29) is 29.9 Å². The lowest BCUT2D eigenvalue weighted by atomic mass is 10.0. The first-order valence-electron chi connectivity index (χ1n) is 9.37. The molecule has 162 valence electrons. The number of rotatable bonds is 8.